The van der Waals surface area contributed by atoms with E-state index in [-0.39, 0.29) is 5.29 Å². The Hall–Kier alpha value is 0.137. The van der Waals surface area contributed by atoms with Gasteiger partial charge in [0.1, 0.15) is 0 Å². The van der Waals surface area contributed by atoms with Crippen molar-refractivity contribution < 1.29 is 0 Å². The van der Waals surface area contributed by atoms with E-state index in [2.05, 4.69) is 17.6 Å². The lowest BCUT2D eigenvalue weighted by Gasteiger charge is -2.22. The predicted molar refractivity (Wildman–Crippen MR) is 36.5 cm³/mol. The molecule has 0 rings (SSSR count). The van der Waals surface area contributed by atoms with Crippen LogP contribution in [-0.2, 0) is 0 Å². The van der Waals surface area contributed by atoms with E-state index in [0.29, 0.717) is 0 Å². The number of nitrogens with one attached hydrogen (secondary N) is 2. The molecule has 0 unspecified atom stereocenters. The Morgan fingerprint density at radius 2 is 1.57 bits per heavy atom. The summed E-state index contributed by atoms with van der Waals surface area (Å²) in [6.07, 6.45) is 0. The fourth-order valence-corrected chi connectivity index (χ4v) is 0.125. The fraction of sp³-hybridized carbons (Fsp3) is 1.00. The van der Waals surface area contributed by atoms with Gasteiger partial charge in [-0.3, -0.25) is 0 Å². The van der Waals surface area contributed by atoms with Crippen LogP contribution in [0.3, 0.4) is 0 Å². The Morgan fingerprint density at radius 3 is 1.57 bits per heavy atom. The van der Waals surface area contributed by atoms with Gasteiger partial charge in [0, 0.05) is 15.5 Å². The summed E-state index contributed by atoms with van der Waals surface area (Å²) in [5.74, 6) is 0. The second kappa shape index (κ2) is 2.45. The standard InChI is InChI=1S/C4H14N2Si/c1-4(7,5-2)6-3/h5-6H,1-3,7H3. The minimum atomic E-state index is 0.222. The van der Waals surface area contributed by atoms with Gasteiger partial charge in [-0.15, -0.1) is 0 Å². The van der Waals surface area contributed by atoms with Crippen molar-refractivity contribution in [3.8, 4) is 0 Å². The zero-order valence-corrected chi connectivity index (χ0v) is 7.50. The normalized spacial score (nSPS) is 12.4. The third-order valence-electron chi connectivity index (χ3n) is 1.25. The van der Waals surface area contributed by atoms with Crippen molar-refractivity contribution in [2.75, 3.05) is 14.1 Å². The first kappa shape index (κ1) is 7.14. The molecule has 0 amide bonds. The van der Waals surface area contributed by atoms with Crippen LogP contribution >= 0.6 is 0 Å². The molecular weight excluding hydrogens is 104 g/mol. The second-order valence-electron chi connectivity index (χ2n) is 2.12. The molecule has 0 spiro atoms. The molecule has 0 aliphatic carbocycles. The molecule has 0 atom stereocenters. The smallest absolute Gasteiger partial charge is 0.0459 e. The third kappa shape index (κ3) is 2.79. The summed E-state index contributed by atoms with van der Waals surface area (Å²) < 4.78 is 0. The van der Waals surface area contributed by atoms with E-state index in [4.69, 9.17) is 0 Å². The summed E-state index contributed by atoms with van der Waals surface area (Å²) in [7, 11) is 5.05. The molecule has 0 saturated heterocycles. The summed E-state index contributed by atoms with van der Waals surface area (Å²) in [6, 6.07) is 0. The van der Waals surface area contributed by atoms with E-state index in [9.17, 15) is 0 Å². The average molecular weight is 118 g/mol. The van der Waals surface area contributed by atoms with Crippen LogP contribution in [0.4, 0.5) is 0 Å². The molecule has 0 aliphatic rings. The van der Waals surface area contributed by atoms with E-state index in [1.165, 1.54) is 0 Å². The van der Waals surface area contributed by atoms with Crippen LogP contribution in [0.5, 0.6) is 0 Å². The zero-order chi connectivity index (χ0) is 5.91. The van der Waals surface area contributed by atoms with Crippen molar-refractivity contribution in [3.05, 3.63) is 0 Å². The zero-order valence-electron chi connectivity index (χ0n) is 5.50. The van der Waals surface area contributed by atoms with Gasteiger partial charge in [0.25, 0.3) is 0 Å². The highest BCUT2D eigenvalue weighted by molar-refractivity contribution is 6.14. The molecule has 2 nitrogen and oxygen atoms in total. The van der Waals surface area contributed by atoms with Crippen molar-refractivity contribution in [1.82, 2.24) is 10.6 Å². The lowest BCUT2D eigenvalue weighted by molar-refractivity contribution is 0.471. The molecule has 3 heteroatoms. The van der Waals surface area contributed by atoms with Gasteiger partial charge in [-0.05, 0) is 21.0 Å². The molecule has 0 fully saturated rings. The Balaban J connectivity index is 3.36. The first-order chi connectivity index (χ1) is 3.12. The molecular formula is C4H14N2Si. The Kier molecular flexibility index (Phi) is 2.49. The van der Waals surface area contributed by atoms with Crippen molar-refractivity contribution in [1.29, 1.82) is 0 Å². The van der Waals surface area contributed by atoms with Crippen molar-refractivity contribution in [3.63, 3.8) is 0 Å². The molecule has 2 N–H and O–H groups in total. The summed E-state index contributed by atoms with van der Waals surface area (Å²) in [5, 5.41) is 6.51. The molecule has 0 aliphatic heterocycles. The van der Waals surface area contributed by atoms with E-state index in [0.717, 1.165) is 10.2 Å². The van der Waals surface area contributed by atoms with E-state index in [1.807, 2.05) is 14.1 Å². The molecule has 7 heavy (non-hydrogen) atoms. The van der Waals surface area contributed by atoms with E-state index in [1.54, 1.807) is 0 Å². The predicted octanol–water partition coefficient (Wildman–Crippen LogP) is -1.54. The Labute approximate surface area is 48.1 Å². The molecule has 0 heterocycles. The van der Waals surface area contributed by atoms with Gasteiger partial charge in [0.15, 0.2) is 0 Å². The highest BCUT2D eigenvalue weighted by Crippen LogP contribution is 1.83. The Bertz CT molecular complexity index is 47.7. The number of hydrogen-bond acceptors (Lipinski definition) is 2. The average Bonchev–Trinajstić information content (AvgIpc) is 1.68. The lowest BCUT2D eigenvalue weighted by atomic mass is 10.5. The van der Waals surface area contributed by atoms with Gasteiger partial charge in [0.05, 0.1) is 0 Å². The van der Waals surface area contributed by atoms with E-state index < -0.39 is 0 Å². The first-order valence-electron chi connectivity index (χ1n) is 2.50. The van der Waals surface area contributed by atoms with Crippen LogP contribution in [0.25, 0.3) is 0 Å². The monoisotopic (exact) mass is 118 g/mol. The van der Waals surface area contributed by atoms with Crippen LogP contribution in [0.2, 0.25) is 0 Å². The van der Waals surface area contributed by atoms with Gasteiger partial charge >= 0.3 is 0 Å². The van der Waals surface area contributed by atoms with Gasteiger partial charge < -0.3 is 10.6 Å². The molecule has 0 aromatic heterocycles. The van der Waals surface area contributed by atoms with Crippen LogP contribution in [0.15, 0.2) is 0 Å². The molecule has 44 valence electrons. The van der Waals surface area contributed by atoms with Crippen molar-refractivity contribution >= 4 is 10.2 Å². The quantitative estimate of drug-likeness (QED) is 0.339. The third-order valence-corrected chi connectivity index (χ3v) is 2.25. The largest absolute Gasteiger partial charge is 0.306 e. The van der Waals surface area contributed by atoms with Gasteiger partial charge in [-0.2, -0.15) is 0 Å². The van der Waals surface area contributed by atoms with E-state index >= 15 is 0 Å². The maximum Gasteiger partial charge on any atom is 0.0459 e. The lowest BCUT2D eigenvalue weighted by Crippen LogP contribution is -2.51. The topological polar surface area (TPSA) is 24.1 Å². The molecule has 0 aromatic rings. The van der Waals surface area contributed by atoms with Gasteiger partial charge in [-0.1, -0.05) is 0 Å². The Morgan fingerprint density at radius 1 is 1.29 bits per heavy atom. The summed E-state index contributed by atoms with van der Waals surface area (Å²) in [4.78, 5) is 0. The molecule has 0 aromatic carbocycles. The van der Waals surface area contributed by atoms with Crippen LogP contribution in [-0.4, -0.2) is 29.6 Å². The first-order valence-corrected chi connectivity index (χ1v) is 3.50. The number of rotatable bonds is 2. The highest BCUT2D eigenvalue weighted by atomic mass is 28.1. The van der Waals surface area contributed by atoms with Crippen molar-refractivity contribution in [2.24, 2.45) is 0 Å². The number of hydrogen-bond donors (Lipinski definition) is 2. The maximum absolute atomic E-state index is 3.14. The minimum Gasteiger partial charge on any atom is -0.306 e. The van der Waals surface area contributed by atoms with Crippen LogP contribution in [0.1, 0.15) is 6.92 Å². The molecule has 0 radical (unpaired) electrons. The van der Waals surface area contributed by atoms with Crippen LogP contribution in [0, 0.1) is 0 Å². The molecule has 0 saturated carbocycles. The molecule has 0 bridgehead atoms. The minimum absolute atomic E-state index is 0.222. The summed E-state index contributed by atoms with van der Waals surface area (Å²) >= 11 is 0. The van der Waals surface area contributed by atoms with Crippen LogP contribution < -0.4 is 10.6 Å². The van der Waals surface area contributed by atoms with Gasteiger partial charge in [0.2, 0.25) is 0 Å². The second-order valence-corrected chi connectivity index (χ2v) is 4.12. The van der Waals surface area contributed by atoms with Gasteiger partial charge in [-0.25, -0.2) is 0 Å². The fourth-order valence-electron chi connectivity index (χ4n) is 0.125. The van der Waals surface area contributed by atoms with Crippen molar-refractivity contribution in [2.45, 2.75) is 12.2 Å². The summed E-state index contributed by atoms with van der Waals surface area (Å²) in [5.41, 5.74) is 0. The SMILES string of the molecule is CNC(C)([SiH3])NC. The highest BCUT2D eigenvalue weighted by Gasteiger charge is 2.07. The maximum atomic E-state index is 3.14. The summed E-state index contributed by atoms with van der Waals surface area (Å²) in [6.45, 7) is 2.14.